The molecular weight excluding hydrogens is 259 g/mol. The van der Waals surface area contributed by atoms with E-state index in [1.165, 1.54) is 30.7 Å². The van der Waals surface area contributed by atoms with Gasteiger partial charge in [0.2, 0.25) is 0 Å². The van der Waals surface area contributed by atoms with Crippen LogP contribution in [-0.2, 0) is 0 Å². The minimum atomic E-state index is -0.572. The molecule has 0 spiro atoms. The Labute approximate surface area is 115 Å². The van der Waals surface area contributed by atoms with E-state index in [9.17, 15) is 9.18 Å². The van der Waals surface area contributed by atoms with Crippen molar-refractivity contribution in [2.75, 3.05) is 11.9 Å². The molecule has 0 bridgehead atoms. The molecule has 100 valence electrons. The quantitative estimate of drug-likeness (QED) is 0.803. The molecule has 0 saturated heterocycles. The molecule has 6 heteroatoms. The Hall–Kier alpha value is -2.78. The summed E-state index contributed by atoms with van der Waals surface area (Å²) in [7, 11) is 0. The lowest BCUT2D eigenvalue weighted by atomic mass is 10.1. The lowest BCUT2D eigenvalue weighted by Crippen LogP contribution is -2.13. The van der Waals surface area contributed by atoms with Gasteiger partial charge in [-0.15, -0.1) is 0 Å². The van der Waals surface area contributed by atoms with E-state index < -0.39 is 11.7 Å². The van der Waals surface area contributed by atoms with Gasteiger partial charge in [0, 0.05) is 18.0 Å². The van der Waals surface area contributed by atoms with Gasteiger partial charge in [0.05, 0.1) is 18.3 Å². The molecule has 0 aliphatic rings. The third kappa shape index (κ3) is 3.37. The number of rotatable bonds is 2. The van der Waals surface area contributed by atoms with Crippen LogP contribution in [-0.4, -0.2) is 22.4 Å². The van der Waals surface area contributed by atoms with Crippen molar-refractivity contribution in [2.45, 2.75) is 0 Å². The molecule has 0 unspecified atom stereocenters. The molecule has 1 aromatic carbocycles. The summed E-state index contributed by atoms with van der Waals surface area (Å²) in [6.07, 6.45) is 4.33. The van der Waals surface area contributed by atoms with Crippen LogP contribution in [0.15, 0.2) is 36.8 Å². The maximum absolute atomic E-state index is 13.7. The average Bonchev–Trinajstić information content (AvgIpc) is 2.47. The first-order valence-corrected chi connectivity index (χ1v) is 5.76. The Morgan fingerprint density at radius 1 is 1.40 bits per heavy atom. The van der Waals surface area contributed by atoms with Crippen molar-refractivity contribution >= 4 is 11.7 Å². The second kappa shape index (κ2) is 6.41. The van der Waals surface area contributed by atoms with E-state index in [1.807, 2.05) is 0 Å². The molecular formula is C14H11FN4O. The molecule has 3 N–H and O–H groups in total. The van der Waals surface area contributed by atoms with E-state index in [1.54, 1.807) is 0 Å². The van der Waals surface area contributed by atoms with Crippen LogP contribution < -0.4 is 11.1 Å². The molecule has 1 amide bonds. The number of amides is 1. The van der Waals surface area contributed by atoms with Gasteiger partial charge in [0.25, 0.3) is 5.91 Å². The Balaban J connectivity index is 2.17. The van der Waals surface area contributed by atoms with Gasteiger partial charge in [-0.25, -0.2) is 9.37 Å². The van der Waals surface area contributed by atoms with E-state index in [0.29, 0.717) is 5.82 Å². The van der Waals surface area contributed by atoms with Gasteiger partial charge in [-0.3, -0.25) is 9.78 Å². The van der Waals surface area contributed by atoms with Crippen molar-refractivity contribution in [1.82, 2.24) is 9.97 Å². The van der Waals surface area contributed by atoms with Gasteiger partial charge in [-0.1, -0.05) is 11.8 Å². The number of nitrogens with zero attached hydrogens (tertiary/aromatic N) is 2. The largest absolute Gasteiger partial charge is 0.320 e. The van der Waals surface area contributed by atoms with E-state index in [2.05, 4.69) is 27.1 Å². The lowest BCUT2D eigenvalue weighted by Gasteiger charge is -2.04. The molecule has 2 rings (SSSR count). The van der Waals surface area contributed by atoms with Gasteiger partial charge >= 0.3 is 0 Å². The van der Waals surface area contributed by atoms with Crippen molar-refractivity contribution in [2.24, 2.45) is 5.73 Å². The Bertz CT molecular complexity index is 677. The van der Waals surface area contributed by atoms with Gasteiger partial charge in [-0.05, 0) is 18.2 Å². The molecule has 0 fully saturated rings. The number of hydrogen-bond acceptors (Lipinski definition) is 4. The molecule has 1 aromatic heterocycles. The predicted octanol–water partition coefficient (Wildman–Crippen LogP) is 1.18. The van der Waals surface area contributed by atoms with E-state index in [0.717, 1.165) is 6.07 Å². The molecule has 1 heterocycles. The highest BCUT2D eigenvalue weighted by Gasteiger charge is 2.09. The number of nitrogens with one attached hydrogen (secondary N) is 1. The van der Waals surface area contributed by atoms with E-state index in [-0.39, 0.29) is 17.7 Å². The fraction of sp³-hybridized carbons (Fsp3) is 0.0714. The van der Waals surface area contributed by atoms with Gasteiger partial charge < -0.3 is 11.1 Å². The van der Waals surface area contributed by atoms with Crippen LogP contribution in [0.5, 0.6) is 0 Å². The Kier molecular flexibility index (Phi) is 4.37. The van der Waals surface area contributed by atoms with Crippen LogP contribution in [0, 0.1) is 17.7 Å². The summed E-state index contributed by atoms with van der Waals surface area (Å²) < 4.78 is 13.7. The number of halogens is 1. The molecule has 5 nitrogen and oxygen atoms in total. The van der Waals surface area contributed by atoms with E-state index in [4.69, 9.17) is 5.73 Å². The van der Waals surface area contributed by atoms with Crippen LogP contribution in [0.25, 0.3) is 0 Å². The number of hydrogen-bond donors (Lipinski definition) is 2. The molecule has 0 atom stereocenters. The molecule has 0 radical (unpaired) electrons. The maximum Gasteiger partial charge on any atom is 0.256 e. The predicted molar refractivity (Wildman–Crippen MR) is 72.3 cm³/mol. The highest BCUT2D eigenvalue weighted by atomic mass is 19.1. The summed E-state index contributed by atoms with van der Waals surface area (Å²) in [5, 5.41) is 2.51. The standard InChI is InChI=1S/C14H11FN4O/c15-12-8-11(4-3-10(12)2-1-5-16)14(20)19-13-9-17-6-7-18-13/h3-4,6-9H,5,16H2,(H,18,19,20). The molecule has 0 aliphatic carbocycles. The summed E-state index contributed by atoms with van der Waals surface area (Å²) in [4.78, 5) is 19.6. The van der Waals surface area contributed by atoms with Gasteiger partial charge in [0.15, 0.2) is 5.82 Å². The fourth-order valence-electron chi connectivity index (χ4n) is 1.46. The van der Waals surface area contributed by atoms with Crippen molar-refractivity contribution in [3.8, 4) is 11.8 Å². The second-order valence-corrected chi connectivity index (χ2v) is 3.75. The van der Waals surface area contributed by atoms with E-state index >= 15 is 0 Å². The Morgan fingerprint density at radius 2 is 2.25 bits per heavy atom. The number of carbonyl (C=O) groups excluding carboxylic acids is 1. The first-order valence-electron chi connectivity index (χ1n) is 5.76. The third-order valence-electron chi connectivity index (χ3n) is 2.36. The van der Waals surface area contributed by atoms with Crippen LogP contribution in [0.4, 0.5) is 10.2 Å². The number of aromatic nitrogens is 2. The number of benzene rings is 1. The highest BCUT2D eigenvalue weighted by Crippen LogP contribution is 2.11. The van der Waals surface area contributed by atoms with Crippen molar-refractivity contribution in [3.63, 3.8) is 0 Å². The smallest absolute Gasteiger partial charge is 0.256 e. The first kappa shape index (κ1) is 13.6. The topological polar surface area (TPSA) is 80.9 Å². The summed E-state index contributed by atoms with van der Waals surface area (Å²) in [5.74, 6) is 4.39. The third-order valence-corrected chi connectivity index (χ3v) is 2.36. The van der Waals surface area contributed by atoms with Crippen molar-refractivity contribution in [3.05, 3.63) is 53.7 Å². The van der Waals surface area contributed by atoms with Crippen LogP contribution in [0.1, 0.15) is 15.9 Å². The molecule has 0 saturated carbocycles. The number of carbonyl (C=O) groups is 1. The average molecular weight is 270 g/mol. The minimum absolute atomic E-state index is 0.147. The molecule has 20 heavy (non-hydrogen) atoms. The number of nitrogens with two attached hydrogens (primary N) is 1. The Morgan fingerprint density at radius 3 is 2.90 bits per heavy atom. The summed E-state index contributed by atoms with van der Waals surface area (Å²) in [6.45, 7) is 0.147. The summed E-state index contributed by atoms with van der Waals surface area (Å²) >= 11 is 0. The summed E-state index contributed by atoms with van der Waals surface area (Å²) in [6, 6.07) is 4.03. The summed E-state index contributed by atoms with van der Waals surface area (Å²) in [5.41, 5.74) is 5.59. The lowest BCUT2D eigenvalue weighted by molar-refractivity contribution is 0.102. The zero-order valence-electron chi connectivity index (χ0n) is 10.4. The van der Waals surface area contributed by atoms with Crippen LogP contribution >= 0.6 is 0 Å². The molecule has 2 aromatic rings. The fourth-order valence-corrected chi connectivity index (χ4v) is 1.46. The van der Waals surface area contributed by atoms with Crippen molar-refractivity contribution in [1.29, 1.82) is 0 Å². The zero-order chi connectivity index (χ0) is 14.4. The maximum atomic E-state index is 13.7. The first-order chi connectivity index (χ1) is 9.70. The zero-order valence-corrected chi connectivity index (χ0v) is 10.4. The molecule has 0 aliphatic heterocycles. The number of anilines is 1. The van der Waals surface area contributed by atoms with Gasteiger partial charge in [-0.2, -0.15) is 0 Å². The van der Waals surface area contributed by atoms with Crippen LogP contribution in [0.3, 0.4) is 0 Å². The van der Waals surface area contributed by atoms with Crippen LogP contribution in [0.2, 0.25) is 0 Å². The normalized spacial score (nSPS) is 9.50. The van der Waals surface area contributed by atoms with Gasteiger partial charge in [0.1, 0.15) is 5.82 Å². The highest BCUT2D eigenvalue weighted by molar-refractivity contribution is 6.03. The minimum Gasteiger partial charge on any atom is -0.320 e. The SMILES string of the molecule is NCC#Cc1ccc(C(=O)Nc2cnccn2)cc1F. The monoisotopic (exact) mass is 270 g/mol. The van der Waals surface area contributed by atoms with Crippen molar-refractivity contribution < 1.29 is 9.18 Å². The second-order valence-electron chi connectivity index (χ2n) is 3.75.